The Balaban J connectivity index is 2.81. The van der Waals surface area contributed by atoms with Crippen molar-refractivity contribution in [3.63, 3.8) is 0 Å². The molecule has 0 radical (unpaired) electrons. The van der Waals surface area contributed by atoms with E-state index in [0.29, 0.717) is 0 Å². The minimum atomic E-state index is 0.209. The summed E-state index contributed by atoms with van der Waals surface area (Å²) < 4.78 is 2.35. The molecule has 1 aromatic carbocycles. The maximum absolute atomic E-state index is 5.16. The van der Waals surface area contributed by atoms with Gasteiger partial charge >= 0.3 is 75.3 Å². The Morgan fingerprint density at radius 2 is 1.90 bits per heavy atom. The Morgan fingerprint density at radius 3 is 2.40 bits per heavy atom. The fourth-order valence-electron chi connectivity index (χ4n) is 0.571. The molecule has 0 saturated heterocycles. The van der Waals surface area contributed by atoms with E-state index in [1.807, 2.05) is 24.3 Å². The Hall–Kier alpha value is -0.221. The van der Waals surface area contributed by atoms with Crippen LogP contribution in [0.5, 0.6) is 0 Å². The third kappa shape index (κ3) is 2.19. The molecule has 0 nitrogen and oxygen atoms in total. The molecule has 0 heterocycles. The number of halogens is 1. The van der Waals surface area contributed by atoms with E-state index >= 15 is 0 Å². The van der Waals surface area contributed by atoms with Crippen LogP contribution in [0.1, 0.15) is 0 Å². The predicted octanol–water partition coefficient (Wildman–Crippen LogP) is 1.37. The molecule has 0 aliphatic rings. The van der Waals surface area contributed by atoms with Crippen molar-refractivity contribution in [1.29, 1.82) is 0 Å². The first-order valence-electron chi connectivity index (χ1n) is 2.71. The molecule has 0 aliphatic heterocycles. The first-order chi connectivity index (χ1) is 4.83. The van der Waals surface area contributed by atoms with Gasteiger partial charge in [0, 0.05) is 0 Å². The number of benzene rings is 1. The van der Waals surface area contributed by atoms with Gasteiger partial charge in [-0.2, -0.15) is 0 Å². The second-order valence-electron chi connectivity index (χ2n) is 1.67. The van der Waals surface area contributed by atoms with Crippen LogP contribution < -0.4 is 4.46 Å². The van der Waals surface area contributed by atoms with Gasteiger partial charge in [0.05, 0.1) is 0 Å². The molecule has 0 unspecified atom stereocenters. The van der Waals surface area contributed by atoms with Gasteiger partial charge < -0.3 is 0 Å². The van der Waals surface area contributed by atoms with E-state index in [4.69, 9.17) is 6.42 Å². The first kappa shape index (κ1) is 7.88. The van der Waals surface area contributed by atoms with E-state index in [-0.39, 0.29) is 15.0 Å². The molecule has 0 fully saturated rings. The average molecular weight is 260 g/mol. The summed E-state index contributed by atoms with van der Waals surface area (Å²) in [7, 11) is 0. The Bertz CT molecular complexity index is 245. The van der Waals surface area contributed by atoms with Crippen molar-refractivity contribution in [3.8, 4) is 11.2 Å². The predicted molar refractivity (Wildman–Crippen MR) is 48.4 cm³/mol. The van der Waals surface area contributed by atoms with E-state index in [0.717, 1.165) is 4.47 Å². The van der Waals surface area contributed by atoms with Gasteiger partial charge in [-0.1, -0.05) is 0 Å². The van der Waals surface area contributed by atoms with Crippen LogP contribution in [-0.2, 0) is 0 Å². The second-order valence-corrected chi connectivity index (χ2v) is 4.50. The summed E-state index contributed by atoms with van der Waals surface area (Å²) in [5.74, 6) is 0. The van der Waals surface area contributed by atoms with Crippen molar-refractivity contribution in [2.45, 2.75) is 0 Å². The quantitative estimate of drug-likeness (QED) is 0.528. The van der Waals surface area contributed by atoms with Crippen molar-refractivity contribution in [3.05, 3.63) is 28.7 Å². The average Bonchev–Trinajstić information content (AvgIpc) is 1.95. The standard InChI is InChI=1S/C8H5BrSe/c1-2-10-8-5-3-7(9)4-6-8/h1,3-6H. The van der Waals surface area contributed by atoms with Gasteiger partial charge in [0.15, 0.2) is 0 Å². The normalized spacial score (nSPS) is 8.80. The molecular formula is C8H5BrSe. The van der Waals surface area contributed by atoms with Crippen LogP contribution in [0.2, 0.25) is 0 Å². The van der Waals surface area contributed by atoms with Crippen molar-refractivity contribution in [2.75, 3.05) is 0 Å². The minimum absolute atomic E-state index is 0.209. The van der Waals surface area contributed by atoms with Gasteiger partial charge in [-0.25, -0.2) is 0 Å². The molecule has 0 aliphatic carbocycles. The van der Waals surface area contributed by atoms with Crippen LogP contribution in [0.3, 0.4) is 0 Å². The van der Waals surface area contributed by atoms with Gasteiger partial charge in [0.1, 0.15) is 0 Å². The molecule has 0 N–H and O–H groups in total. The van der Waals surface area contributed by atoms with Crippen LogP contribution in [0.15, 0.2) is 28.7 Å². The van der Waals surface area contributed by atoms with E-state index in [2.05, 4.69) is 20.7 Å². The fraction of sp³-hybridized carbons (Fsp3) is 0. The first-order valence-corrected chi connectivity index (χ1v) is 5.21. The van der Waals surface area contributed by atoms with E-state index in [1.54, 1.807) is 0 Å². The molecule has 0 atom stereocenters. The van der Waals surface area contributed by atoms with Crippen molar-refractivity contribution >= 4 is 35.3 Å². The van der Waals surface area contributed by atoms with Crippen molar-refractivity contribution < 1.29 is 0 Å². The number of terminal acetylenes is 1. The Kier molecular flexibility index (Phi) is 3.02. The molecule has 1 aromatic rings. The Morgan fingerprint density at radius 1 is 1.30 bits per heavy atom. The van der Waals surface area contributed by atoms with Crippen LogP contribution in [0.4, 0.5) is 0 Å². The summed E-state index contributed by atoms with van der Waals surface area (Å²) in [5.41, 5.74) is 0. The van der Waals surface area contributed by atoms with Crippen LogP contribution in [-0.4, -0.2) is 15.0 Å². The molecular weight excluding hydrogens is 255 g/mol. The van der Waals surface area contributed by atoms with Gasteiger partial charge in [-0.05, 0) is 0 Å². The summed E-state index contributed by atoms with van der Waals surface area (Å²) >= 11 is 3.56. The zero-order valence-electron chi connectivity index (χ0n) is 5.17. The number of hydrogen-bond acceptors (Lipinski definition) is 0. The summed E-state index contributed by atoms with van der Waals surface area (Å²) in [5, 5.41) is 0. The molecule has 2 heteroatoms. The van der Waals surface area contributed by atoms with Crippen LogP contribution >= 0.6 is 15.9 Å². The van der Waals surface area contributed by atoms with E-state index in [9.17, 15) is 0 Å². The third-order valence-corrected chi connectivity index (χ3v) is 2.83. The fourth-order valence-corrected chi connectivity index (χ4v) is 1.69. The van der Waals surface area contributed by atoms with Crippen LogP contribution in [0, 0.1) is 11.2 Å². The van der Waals surface area contributed by atoms with E-state index < -0.39 is 0 Å². The second kappa shape index (κ2) is 3.83. The molecule has 50 valence electrons. The van der Waals surface area contributed by atoms with Crippen LogP contribution in [0.25, 0.3) is 0 Å². The molecule has 1 rings (SSSR count). The Labute approximate surface area is 75.3 Å². The SMILES string of the molecule is C#C[Se]c1ccc(Br)cc1. The molecule has 0 spiro atoms. The topological polar surface area (TPSA) is 0 Å². The van der Waals surface area contributed by atoms with Crippen molar-refractivity contribution in [1.82, 2.24) is 0 Å². The number of hydrogen-bond donors (Lipinski definition) is 0. The molecule has 10 heavy (non-hydrogen) atoms. The summed E-state index contributed by atoms with van der Waals surface area (Å²) in [6.45, 7) is 0. The van der Waals surface area contributed by atoms with E-state index in [1.165, 1.54) is 4.46 Å². The van der Waals surface area contributed by atoms with Gasteiger partial charge in [-0.3, -0.25) is 0 Å². The molecule has 0 aromatic heterocycles. The summed E-state index contributed by atoms with van der Waals surface area (Å²) in [4.78, 5) is 2.65. The zero-order chi connectivity index (χ0) is 7.40. The van der Waals surface area contributed by atoms with Crippen molar-refractivity contribution in [2.24, 2.45) is 0 Å². The van der Waals surface area contributed by atoms with Gasteiger partial charge in [-0.15, -0.1) is 0 Å². The van der Waals surface area contributed by atoms with Gasteiger partial charge in [0.25, 0.3) is 0 Å². The third-order valence-electron chi connectivity index (χ3n) is 0.990. The molecule has 0 saturated carbocycles. The monoisotopic (exact) mass is 260 g/mol. The molecule has 0 bridgehead atoms. The maximum atomic E-state index is 5.16. The summed E-state index contributed by atoms with van der Waals surface area (Å²) in [6, 6.07) is 8.11. The molecule has 0 amide bonds. The number of rotatable bonds is 1. The summed E-state index contributed by atoms with van der Waals surface area (Å²) in [6.07, 6.45) is 5.16. The zero-order valence-corrected chi connectivity index (χ0v) is 8.47. The van der Waals surface area contributed by atoms with Gasteiger partial charge in [0.2, 0.25) is 0 Å².